The molecular formula is C14H17N3OS3. The van der Waals surface area contributed by atoms with Crippen molar-refractivity contribution in [3.05, 3.63) is 22.9 Å². The SMILES string of the molecule is CC(C)(SN1CCC1)C(=O)Nc1nc(-c2cccs2)cs1. The molecule has 2 aromatic heterocycles. The lowest BCUT2D eigenvalue weighted by molar-refractivity contribution is -0.117. The van der Waals surface area contributed by atoms with Crippen molar-refractivity contribution in [2.45, 2.75) is 25.0 Å². The molecule has 3 rings (SSSR count). The van der Waals surface area contributed by atoms with E-state index in [0.29, 0.717) is 5.13 Å². The molecule has 3 heterocycles. The van der Waals surface area contributed by atoms with Crippen LogP contribution in [0.15, 0.2) is 22.9 Å². The molecule has 0 spiro atoms. The molecule has 21 heavy (non-hydrogen) atoms. The third kappa shape index (κ3) is 3.48. The fraction of sp³-hybridized carbons (Fsp3) is 0.429. The van der Waals surface area contributed by atoms with Gasteiger partial charge in [-0.1, -0.05) is 18.0 Å². The molecule has 4 nitrogen and oxygen atoms in total. The molecule has 1 aliphatic rings. The number of hydrogen-bond donors (Lipinski definition) is 1. The van der Waals surface area contributed by atoms with Gasteiger partial charge in [0.1, 0.15) is 4.75 Å². The molecule has 1 N–H and O–H groups in total. The van der Waals surface area contributed by atoms with Gasteiger partial charge in [-0.3, -0.25) is 4.79 Å². The maximum atomic E-state index is 12.4. The average molecular weight is 340 g/mol. The number of thiophene rings is 1. The van der Waals surface area contributed by atoms with Crippen LogP contribution in [0, 0.1) is 0 Å². The second kappa shape index (κ2) is 6.08. The predicted octanol–water partition coefficient (Wildman–Crippen LogP) is 3.94. The van der Waals surface area contributed by atoms with E-state index in [1.165, 1.54) is 17.8 Å². The van der Waals surface area contributed by atoms with Crippen molar-refractivity contribution >= 4 is 45.7 Å². The maximum Gasteiger partial charge on any atom is 0.243 e. The van der Waals surface area contributed by atoms with Gasteiger partial charge in [-0.05, 0) is 31.7 Å². The van der Waals surface area contributed by atoms with Crippen LogP contribution in [0.2, 0.25) is 0 Å². The van der Waals surface area contributed by atoms with Gasteiger partial charge in [-0.15, -0.1) is 22.7 Å². The number of amides is 1. The topological polar surface area (TPSA) is 45.2 Å². The lowest BCUT2D eigenvalue weighted by Crippen LogP contribution is -2.41. The summed E-state index contributed by atoms with van der Waals surface area (Å²) in [7, 11) is 0. The van der Waals surface area contributed by atoms with Gasteiger partial charge in [0.05, 0.1) is 10.6 Å². The molecule has 1 fully saturated rings. The highest BCUT2D eigenvalue weighted by molar-refractivity contribution is 7.99. The highest BCUT2D eigenvalue weighted by atomic mass is 32.2. The van der Waals surface area contributed by atoms with Crippen LogP contribution in [0.5, 0.6) is 0 Å². The largest absolute Gasteiger partial charge is 0.301 e. The Morgan fingerprint density at radius 3 is 2.86 bits per heavy atom. The van der Waals surface area contributed by atoms with Crippen LogP contribution < -0.4 is 5.32 Å². The fourth-order valence-electron chi connectivity index (χ4n) is 1.86. The average Bonchev–Trinajstić information content (AvgIpc) is 3.03. The van der Waals surface area contributed by atoms with E-state index in [9.17, 15) is 4.79 Å². The molecule has 1 aliphatic heterocycles. The number of thiazole rings is 1. The molecule has 0 radical (unpaired) electrons. The van der Waals surface area contributed by atoms with Gasteiger partial charge in [0.15, 0.2) is 5.13 Å². The van der Waals surface area contributed by atoms with E-state index in [1.54, 1.807) is 23.3 Å². The van der Waals surface area contributed by atoms with E-state index < -0.39 is 4.75 Å². The van der Waals surface area contributed by atoms with Crippen molar-refractivity contribution in [1.82, 2.24) is 9.29 Å². The van der Waals surface area contributed by atoms with E-state index in [1.807, 2.05) is 36.7 Å². The summed E-state index contributed by atoms with van der Waals surface area (Å²) in [5.41, 5.74) is 0.929. The zero-order valence-corrected chi connectivity index (χ0v) is 14.4. The Hall–Kier alpha value is -0.890. The Labute approximate surface area is 136 Å². The maximum absolute atomic E-state index is 12.4. The number of rotatable bonds is 5. The quantitative estimate of drug-likeness (QED) is 0.838. The third-order valence-electron chi connectivity index (χ3n) is 3.22. The summed E-state index contributed by atoms with van der Waals surface area (Å²) in [5, 5.41) is 7.62. The van der Waals surface area contributed by atoms with Crippen molar-refractivity contribution < 1.29 is 4.79 Å². The van der Waals surface area contributed by atoms with Gasteiger partial charge in [0.2, 0.25) is 5.91 Å². The zero-order valence-electron chi connectivity index (χ0n) is 12.0. The smallest absolute Gasteiger partial charge is 0.243 e. The number of anilines is 1. The predicted molar refractivity (Wildman–Crippen MR) is 91.9 cm³/mol. The lowest BCUT2D eigenvalue weighted by Gasteiger charge is -2.35. The van der Waals surface area contributed by atoms with E-state index >= 15 is 0 Å². The molecule has 0 saturated carbocycles. The fourth-order valence-corrected chi connectivity index (χ4v) is 4.55. The van der Waals surface area contributed by atoms with E-state index in [0.717, 1.165) is 23.7 Å². The lowest BCUT2D eigenvalue weighted by atomic mass is 10.2. The van der Waals surface area contributed by atoms with Gasteiger partial charge in [-0.2, -0.15) is 0 Å². The van der Waals surface area contributed by atoms with Gasteiger partial charge >= 0.3 is 0 Å². The monoisotopic (exact) mass is 339 g/mol. The third-order valence-corrected chi connectivity index (χ3v) is 6.13. The minimum atomic E-state index is -0.477. The summed E-state index contributed by atoms with van der Waals surface area (Å²) in [6.45, 7) is 6.06. The minimum absolute atomic E-state index is 0.00600. The van der Waals surface area contributed by atoms with E-state index in [4.69, 9.17) is 0 Å². The van der Waals surface area contributed by atoms with Gasteiger partial charge in [0.25, 0.3) is 0 Å². The van der Waals surface area contributed by atoms with Crippen LogP contribution in [-0.2, 0) is 4.79 Å². The highest BCUT2D eigenvalue weighted by Gasteiger charge is 2.33. The van der Waals surface area contributed by atoms with Crippen LogP contribution in [0.25, 0.3) is 10.6 Å². The molecule has 1 amide bonds. The first-order valence-corrected chi connectivity index (χ1v) is 9.33. The molecule has 2 aromatic rings. The standard InChI is InChI=1S/C14H17N3OS3/c1-14(2,21-17-6-4-7-17)12(18)16-13-15-10(9-20-13)11-5-3-8-19-11/h3,5,8-9H,4,6-7H2,1-2H3,(H,15,16,18). The Morgan fingerprint density at radius 1 is 1.43 bits per heavy atom. The van der Waals surface area contributed by atoms with Crippen molar-refractivity contribution in [1.29, 1.82) is 0 Å². The van der Waals surface area contributed by atoms with Gasteiger partial charge in [-0.25, -0.2) is 9.29 Å². The summed E-state index contributed by atoms with van der Waals surface area (Å²) >= 11 is 4.75. The number of carbonyl (C=O) groups is 1. The first-order valence-electron chi connectivity index (χ1n) is 6.79. The van der Waals surface area contributed by atoms with E-state index in [-0.39, 0.29) is 5.91 Å². The molecule has 0 unspecified atom stereocenters. The van der Waals surface area contributed by atoms with Crippen molar-refractivity contribution in [2.24, 2.45) is 0 Å². The number of carbonyl (C=O) groups excluding carboxylic acids is 1. The molecule has 112 valence electrons. The summed E-state index contributed by atoms with van der Waals surface area (Å²) in [6, 6.07) is 4.04. The Kier molecular flexibility index (Phi) is 4.35. The Balaban J connectivity index is 1.64. The normalized spacial score (nSPS) is 15.7. The Bertz CT molecular complexity index is 617. The first-order chi connectivity index (χ1) is 10.0. The summed E-state index contributed by atoms with van der Waals surface area (Å²) in [6.07, 6.45) is 1.22. The molecule has 7 heteroatoms. The zero-order chi connectivity index (χ0) is 14.9. The van der Waals surface area contributed by atoms with Crippen molar-refractivity contribution in [2.75, 3.05) is 18.4 Å². The summed E-state index contributed by atoms with van der Waals surface area (Å²) < 4.78 is 1.76. The van der Waals surface area contributed by atoms with Gasteiger partial charge < -0.3 is 5.32 Å². The molecule has 1 saturated heterocycles. The number of nitrogens with one attached hydrogen (secondary N) is 1. The molecule has 0 atom stereocenters. The summed E-state index contributed by atoms with van der Waals surface area (Å²) in [4.78, 5) is 18.0. The number of aromatic nitrogens is 1. The Morgan fingerprint density at radius 2 is 2.24 bits per heavy atom. The van der Waals surface area contributed by atoms with Gasteiger partial charge in [0, 0.05) is 18.5 Å². The number of nitrogens with zero attached hydrogens (tertiary/aromatic N) is 2. The summed E-state index contributed by atoms with van der Waals surface area (Å²) in [5.74, 6) is 0.00600. The molecular weight excluding hydrogens is 322 g/mol. The van der Waals surface area contributed by atoms with Crippen LogP contribution >= 0.6 is 34.6 Å². The second-order valence-electron chi connectivity index (χ2n) is 5.35. The van der Waals surface area contributed by atoms with Crippen LogP contribution in [-0.4, -0.2) is 33.0 Å². The molecule has 0 aliphatic carbocycles. The van der Waals surface area contributed by atoms with Crippen LogP contribution in [0.4, 0.5) is 5.13 Å². The highest BCUT2D eigenvalue weighted by Crippen LogP contribution is 2.34. The van der Waals surface area contributed by atoms with E-state index in [2.05, 4.69) is 14.6 Å². The second-order valence-corrected chi connectivity index (χ2v) is 8.88. The van der Waals surface area contributed by atoms with Crippen LogP contribution in [0.3, 0.4) is 0 Å². The molecule has 0 aromatic carbocycles. The minimum Gasteiger partial charge on any atom is -0.301 e. The van der Waals surface area contributed by atoms with Crippen LogP contribution in [0.1, 0.15) is 20.3 Å². The first kappa shape index (κ1) is 15.0. The van der Waals surface area contributed by atoms with Crippen molar-refractivity contribution in [3.63, 3.8) is 0 Å². The molecule has 0 bridgehead atoms. The van der Waals surface area contributed by atoms with Crippen molar-refractivity contribution in [3.8, 4) is 10.6 Å². The number of hydrogen-bond acceptors (Lipinski definition) is 6.